The molecular weight excluding hydrogens is 168 g/mol. The molecule has 0 bridgehead atoms. The number of rotatable bonds is 2. The van der Waals surface area contributed by atoms with Crippen molar-refractivity contribution in [1.29, 1.82) is 0 Å². The molecule has 3 heteroatoms. The second kappa shape index (κ2) is 3.66. The number of aliphatic hydroxyl groups is 1. The molecule has 76 valence electrons. The molecule has 1 heterocycles. The van der Waals surface area contributed by atoms with E-state index >= 15 is 0 Å². The Morgan fingerprint density at radius 3 is 2.77 bits per heavy atom. The van der Waals surface area contributed by atoms with Crippen molar-refractivity contribution in [3.05, 3.63) is 0 Å². The van der Waals surface area contributed by atoms with Crippen molar-refractivity contribution in [3.63, 3.8) is 0 Å². The standard InChI is InChI=1S/C10H18O3/c1-7-6-10(2,3)9(12)13-8(7)4-5-11/h7-8,11H,4-6H2,1-3H3/t7-,8+/m1/s1. The van der Waals surface area contributed by atoms with Gasteiger partial charge in [-0.25, -0.2) is 0 Å². The molecule has 1 saturated heterocycles. The molecule has 1 aliphatic heterocycles. The number of carbonyl (C=O) groups excluding carboxylic acids is 1. The van der Waals surface area contributed by atoms with Crippen LogP contribution in [-0.2, 0) is 9.53 Å². The first-order chi connectivity index (χ1) is 5.97. The zero-order chi connectivity index (χ0) is 10.1. The minimum atomic E-state index is -0.356. The maximum atomic E-state index is 11.4. The Balaban J connectivity index is 2.62. The van der Waals surface area contributed by atoms with E-state index in [2.05, 4.69) is 6.92 Å². The molecule has 0 radical (unpaired) electrons. The van der Waals surface area contributed by atoms with Crippen LogP contribution in [0, 0.1) is 11.3 Å². The van der Waals surface area contributed by atoms with Crippen molar-refractivity contribution in [3.8, 4) is 0 Å². The summed E-state index contributed by atoms with van der Waals surface area (Å²) in [5.41, 5.74) is -0.356. The van der Waals surface area contributed by atoms with Gasteiger partial charge in [0.05, 0.1) is 5.41 Å². The van der Waals surface area contributed by atoms with Gasteiger partial charge in [0.2, 0.25) is 0 Å². The number of cyclic esters (lactones) is 1. The topological polar surface area (TPSA) is 46.5 Å². The van der Waals surface area contributed by atoms with E-state index < -0.39 is 0 Å². The van der Waals surface area contributed by atoms with Crippen molar-refractivity contribution in [1.82, 2.24) is 0 Å². The first-order valence-electron chi connectivity index (χ1n) is 4.79. The van der Waals surface area contributed by atoms with Gasteiger partial charge in [-0.2, -0.15) is 0 Å². The largest absolute Gasteiger partial charge is 0.462 e. The lowest BCUT2D eigenvalue weighted by Gasteiger charge is -2.37. The van der Waals surface area contributed by atoms with Gasteiger partial charge < -0.3 is 9.84 Å². The van der Waals surface area contributed by atoms with Gasteiger partial charge in [-0.05, 0) is 26.2 Å². The molecule has 3 nitrogen and oxygen atoms in total. The van der Waals surface area contributed by atoms with Gasteiger partial charge in [0.25, 0.3) is 0 Å². The third-order valence-corrected chi connectivity index (χ3v) is 2.69. The van der Waals surface area contributed by atoms with Crippen LogP contribution in [0.15, 0.2) is 0 Å². The highest BCUT2D eigenvalue weighted by molar-refractivity contribution is 5.76. The van der Waals surface area contributed by atoms with Crippen LogP contribution in [0.1, 0.15) is 33.6 Å². The minimum absolute atomic E-state index is 0.0860. The summed E-state index contributed by atoms with van der Waals surface area (Å²) < 4.78 is 5.26. The van der Waals surface area contributed by atoms with Crippen molar-refractivity contribution >= 4 is 5.97 Å². The first kappa shape index (κ1) is 10.5. The van der Waals surface area contributed by atoms with Crippen molar-refractivity contribution in [2.45, 2.75) is 39.7 Å². The van der Waals surface area contributed by atoms with E-state index in [1.54, 1.807) is 0 Å². The fourth-order valence-electron chi connectivity index (χ4n) is 1.90. The summed E-state index contributed by atoms with van der Waals surface area (Å²) in [7, 11) is 0. The summed E-state index contributed by atoms with van der Waals surface area (Å²) in [5.74, 6) is 0.212. The van der Waals surface area contributed by atoms with Gasteiger partial charge in [-0.15, -0.1) is 0 Å². The van der Waals surface area contributed by atoms with Crippen LogP contribution in [0.2, 0.25) is 0 Å². The molecule has 0 aliphatic carbocycles. The van der Waals surface area contributed by atoms with Crippen molar-refractivity contribution < 1.29 is 14.6 Å². The highest BCUT2D eigenvalue weighted by atomic mass is 16.5. The molecule has 0 aromatic carbocycles. The van der Waals surface area contributed by atoms with Crippen LogP contribution in [0.4, 0.5) is 0 Å². The Morgan fingerprint density at radius 2 is 2.23 bits per heavy atom. The van der Waals surface area contributed by atoms with E-state index in [9.17, 15) is 4.79 Å². The molecule has 1 N–H and O–H groups in total. The van der Waals surface area contributed by atoms with Crippen LogP contribution in [0.3, 0.4) is 0 Å². The van der Waals surface area contributed by atoms with Gasteiger partial charge in [0, 0.05) is 13.0 Å². The lowest BCUT2D eigenvalue weighted by atomic mass is 9.78. The lowest BCUT2D eigenvalue weighted by Crippen LogP contribution is -2.42. The molecule has 2 atom stereocenters. The molecule has 1 fully saturated rings. The number of esters is 1. The second-order valence-electron chi connectivity index (χ2n) is 4.52. The summed E-state index contributed by atoms with van der Waals surface area (Å²) in [6.07, 6.45) is 1.31. The van der Waals surface area contributed by atoms with Crippen LogP contribution >= 0.6 is 0 Å². The SMILES string of the molecule is C[C@@H]1CC(C)(C)C(=O)O[C@H]1CCO. The smallest absolute Gasteiger partial charge is 0.311 e. The Hall–Kier alpha value is -0.570. The van der Waals surface area contributed by atoms with E-state index in [1.165, 1.54) is 0 Å². The molecular formula is C10H18O3. The molecule has 0 amide bonds. The van der Waals surface area contributed by atoms with E-state index in [4.69, 9.17) is 9.84 Å². The number of ether oxygens (including phenoxy) is 1. The van der Waals surface area contributed by atoms with Gasteiger partial charge in [-0.3, -0.25) is 4.79 Å². The lowest BCUT2D eigenvalue weighted by molar-refractivity contribution is -0.174. The van der Waals surface area contributed by atoms with Gasteiger partial charge >= 0.3 is 5.97 Å². The van der Waals surface area contributed by atoms with E-state index in [0.717, 1.165) is 6.42 Å². The number of hydrogen-bond donors (Lipinski definition) is 1. The molecule has 1 rings (SSSR count). The number of carbonyl (C=O) groups is 1. The maximum absolute atomic E-state index is 11.4. The quantitative estimate of drug-likeness (QED) is 0.662. The first-order valence-corrected chi connectivity index (χ1v) is 4.79. The average Bonchev–Trinajstić information content (AvgIpc) is 2.00. The normalized spacial score (nSPS) is 32.8. The maximum Gasteiger partial charge on any atom is 0.311 e. The number of aliphatic hydroxyl groups excluding tert-OH is 1. The van der Waals surface area contributed by atoms with Gasteiger partial charge in [0.1, 0.15) is 6.10 Å². The predicted molar refractivity (Wildman–Crippen MR) is 49.1 cm³/mol. The van der Waals surface area contributed by atoms with E-state index in [0.29, 0.717) is 12.3 Å². The Kier molecular flexibility index (Phi) is 2.96. The molecule has 0 aromatic rings. The summed E-state index contributed by atoms with van der Waals surface area (Å²) in [5, 5.41) is 8.76. The highest BCUT2D eigenvalue weighted by Gasteiger charge is 2.40. The molecule has 1 aliphatic rings. The average molecular weight is 186 g/mol. The molecule has 13 heavy (non-hydrogen) atoms. The molecule has 0 saturated carbocycles. The zero-order valence-electron chi connectivity index (χ0n) is 8.54. The van der Waals surface area contributed by atoms with E-state index in [1.807, 2.05) is 13.8 Å². The second-order valence-corrected chi connectivity index (χ2v) is 4.52. The summed E-state index contributed by atoms with van der Waals surface area (Å²) in [4.78, 5) is 11.4. The van der Waals surface area contributed by atoms with Crippen molar-refractivity contribution in [2.24, 2.45) is 11.3 Å². The molecule has 0 unspecified atom stereocenters. The Morgan fingerprint density at radius 1 is 1.62 bits per heavy atom. The van der Waals surface area contributed by atoms with Crippen molar-refractivity contribution in [2.75, 3.05) is 6.61 Å². The number of hydrogen-bond acceptors (Lipinski definition) is 3. The van der Waals surface area contributed by atoms with Crippen LogP contribution in [0.25, 0.3) is 0 Å². The van der Waals surface area contributed by atoms with Crippen LogP contribution < -0.4 is 0 Å². The van der Waals surface area contributed by atoms with Crippen LogP contribution in [-0.4, -0.2) is 23.8 Å². The van der Waals surface area contributed by atoms with Gasteiger partial charge in [-0.1, -0.05) is 6.92 Å². The van der Waals surface area contributed by atoms with E-state index in [-0.39, 0.29) is 24.1 Å². The monoisotopic (exact) mass is 186 g/mol. The summed E-state index contributed by atoms with van der Waals surface area (Å²) in [6.45, 7) is 5.96. The summed E-state index contributed by atoms with van der Waals surface area (Å²) >= 11 is 0. The predicted octanol–water partition coefficient (Wildman–Crippen LogP) is 1.35. The third kappa shape index (κ3) is 2.21. The minimum Gasteiger partial charge on any atom is -0.462 e. The Bertz CT molecular complexity index is 198. The highest BCUT2D eigenvalue weighted by Crippen LogP contribution is 2.35. The fourth-order valence-corrected chi connectivity index (χ4v) is 1.90. The zero-order valence-corrected chi connectivity index (χ0v) is 8.54. The molecule has 0 aromatic heterocycles. The van der Waals surface area contributed by atoms with Gasteiger partial charge in [0.15, 0.2) is 0 Å². The molecule has 0 spiro atoms. The Labute approximate surface area is 79.1 Å². The summed E-state index contributed by atoms with van der Waals surface area (Å²) in [6, 6.07) is 0. The van der Waals surface area contributed by atoms with Crippen LogP contribution in [0.5, 0.6) is 0 Å². The third-order valence-electron chi connectivity index (χ3n) is 2.69. The fraction of sp³-hybridized carbons (Fsp3) is 0.900.